The van der Waals surface area contributed by atoms with Gasteiger partial charge in [0.1, 0.15) is 23.3 Å². The van der Waals surface area contributed by atoms with E-state index in [0.717, 1.165) is 0 Å². The Morgan fingerprint density at radius 2 is 0.941 bits per heavy atom. The minimum Gasteiger partial charge on any atom is -0.444 e. The number of hydrogen-bond donors (Lipinski definition) is 6. The van der Waals surface area contributed by atoms with Crippen LogP contribution in [-0.4, -0.2) is 72.2 Å². The lowest BCUT2D eigenvalue weighted by Crippen LogP contribution is -2.52. The molecule has 0 aliphatic rings. The Hall–Kier alpha value is -3.58. The SMILES string of the molecule is CC(C)(C)OC(=O)N[C@@H](CC(N)=O)C(=O)NCCNC(=O)[C@H](CC(N)=O)NC(=O)OC(C)(C)C. The van der Waals surface area contributed by atoms with E-state index >= 15 is 0 Å². The molecule has 0 aromatic carbocycles. The Bertz CT molecular complexity index is 708. The topological polar surface area (TPSA) is 221 Å². The summed E-state index contributed by atoms with van der Waals surface area (Å²) >= 11 is 0. The second-order valence-corrected chi connectivity index (χ2v) is 9.32. The second-order valence-electron chi connectivity index (χ2n) is 9.32. The van der Waals surface area contributed by atoms with Crippen LogP contribution >= 0.6 is 0 Å². The van der Waals surface area contributed by atoms with Crippen molar-refractivity contribution < 1.29 is 38.2 Å². The number of hydrogen-bond acceptors (Lipinski definition) is 8. The number of ether oxygens (including phenoxy) is 2. The van der Waals surface area contributed by atoms with Crippen molar-refractivity contribution in [1.82, 2.24) is 21.3 Å². The Labute approximate surface area is 198 Å². The summed E-state index contributed by atoms with van der Waals surface area (Å²) in [7, 11) is 0. The molecular weight excluding hydrogens is 452 g/mol. The van der Waals surface area contributed by atoms with Gasteiger partial charge in [0.15, 0.2) is 0 Å². The zero-order chi connectivity index (χ0) is 26.7. The summed E-state index contributed by atoms with van der Waals surface area (Å²) in [5, 5.41) is 9.38. The molecule has 0 saturated heterocycles. The molecule has 0 aliphatic heterocycles. The van der Waals surface area contributed by atoms with Crippen molar-refractivity contribution in [3.63, 3.8) is 0 Å². The largest absolute Gasteiger partial charge is 0.444 e. The fraction of sp³-hybridized carbons (Fsp3) is 0.700. The van der Waals surface area contributed by atoms with E-state index in [4.69, 9.17) is 20.9 Å². The van der Waals surface area contributed by atoms with Gasteiger partial charge in [-0.3, -0.25) is 19.2 Å². The summed E-state index contributed by atoms with van der Waals surface area (Å²) in [6.07, 6.45) is -2.77. The summed E-state index contributed by atoms with van der Waals surface area (Å²) in [5.74, 6) is -3.13. The average molecular weight is 489 g/mol. The van der Waals surface area contributed by atoms with E-state index in [1.807, 2.05) is 0 Å². The predicted molar refractivity (Wildman–Crippen MR) is 120 cm³/mol. The number of nitrogens with one attached hydrogen (secondary N) is 4. The van der Waals surface area contributed by atoms with Crippen LogP contribution in [0.3, 0.4) is 0 Å². The highest BCUT2D eigenvalue weighted by Crippen LogP contribution is 2.08. The third-order valence-electron chi connectivity index (χ3n) is 3.55. The third-order valence-corrected chi connectivity index (χ3v) is 3.55. The van der Waals surface area contributed by atoms with Crippen LogP contribution in [-0.2, 0) is 28.7 Å². The van der Waals surface area contributed by atoms with E-state index in [0.29, 0.717) is 0 Å². The van der Waals surface area contributed by atoms with Crippen molar-refractivity contribution in [1.29, 1.82) is 0 Å². The van der Waals surface area contributed by atoms with E-state index < -0.39 is 71.9 Å². The van der Waals surface area contributed by atoms with Gasteiger partial charge >= 0.3 is 12.2 Å². The lowest BCUT2D eigenvalue weighted by Gasteiger charge is -2.23. The quantitative estimate of drug-likeness (QED) is 0.192. The molecule has 0 unspecified atom stereocenters. The van der Waals surface area contributed by atoms with Crippen LogP contribution in [0.2, 0.25) is 0 Å². The van der Waals surface area contributed by atoms with E-state index in [9.17, 15) is 28.8 Å². The molecule has 0 bridgehead atoms. The van der Waals surface area contributed by atoms with Crippen LogP contribution < -0.4 is 32.7 Å². The van der Waals surface area contributed by atoms with Gasteiger partial charge < -0.3 is 42.2 Å². The predicted octanol–water partition coefficient (Wildman–Crippen LogP) is -1.24. The molecule has 0 radical (unpaired) electrons. The maximum Gasteiger partial charge on any atom is 0.408 e. The number of carbonyl (C=O) groups is 6. The van der Waals surface area contributed by atoms with Crippen LogP contribution in [0.15, 0.2) is 0 Å². The first kappa shape index (κ1) is 30.4. The molecular formula is C20H36N6O8. The van der Waals surface area contributed by atoms with Gasteiger partial charge in [0.05, 0.1) is 12.8 Å². The number of amides is 6. The lowest BCUT2D eigenvalue weighted by molar-refractivity contribution is -0.127. The highest BCUT2D eigenvalue weighted by molar-refractivity contribution is 5.91. The lowest BCUT2D eigenvalue weighted by atomic mass is 10.1. The van der Waals surface area contributed by atoms with Gasteiger partial charge in [-0.1, -0.05) is 0 Å². The molecule has 8 N–H and O–H groups in total. The molecule has 14 heteroatoms. The van der Waals surface area contributed by atoms with Gasteiger partial charge in [0, 0.05) is 13.1 Å². The van der Waals surface area contributed by atoms with Gasteiger partial charge in [-0.05, 0) is 41.5 Å². The van der Waals surface area contributed by atoms with Crippen LogP contribution in [0.5, 0.6) is 0 Å². The normalized spacial score (nSPS) is 13.0. The molecule has 34 heavy (non-hydrogen) atoms. The van der Waals surface area contributed by atoms with Crippen LogP contribution in [0.4, 0.5) is 9.59 Å². The Balaban J connectivity index is 4.83. The van der Waals surface area contributed by atoms with Crippen molar-refractivity contribution in [2.24, 2.45) is 11.5 Å². The molecule has 0 saturated carbocycles. The molecule has 0 fully saturated rings. The standard InChI is InChI=1S/C20H36N6O8/c1-19(2,3)33-17(31)25-11(9-13(21)27)15(29)23-7-8-24-16(30)12(10-14(22)28)26-18(32)34-20(4,5)6/h11-12H,7-10H2,1-6H3,(H2,21,27)(H2,22,28)(H,23,29)(H,24,30)(H,25,31)(H,26,32)/t11-,12-/m0/s1. The van der Waals surface area contributed by atoms with Crippen LogP contribution in [0.1, 0.15) is 54.4 Å². The number of carbonyl (C=O) groups excluding carboxylic acids is 6. The minimum atomic E-state index is -1.29. The van der Waals surface area contributed by atoms with Crippen molar-refractivity contribution in [3.8, 4) is 0 Å². The second kappa shape index (κ2) is 13.2. The molecule has 0 heterocycles. The molecule has 6 amide bonds. The van der Waals surface area contributed by atoms with Crippen molar-refractivity contribution in [3.05, 3.63) is 0 Å². The average Bonchev–Trinajstić information content (AvgIpc) is 2.59. The van der Waals surface area contributed by atoms with Crippen LogP contribution in [0.25, 0.3) is 0 Å². The molecule has 0 aromatic rings. The molecule has 0 spiro atoms. The summed E-state index contributed by atoms with van der Waals surface area (Å²) in [4.78, 5) is 71.0. The summed E-state index contributed by atoms with van der Waals surface area (Å²) < 4.78 is 10.1. The first-order valence-electron chi connectivity index (χ1n) is 10.5. The fourth-order valence-electron chi connectivity index (χ4n) is 2.34. The van der Waals surface area contributed by atoms with Crippen LogP contribution in [0, 0.1) is 0 Å². The highest BCUT2D eigenvalue weighted by atomic mass is 16.6. The maximum atomic E-state index is 12.3. The van der Waals surface area contributed by atoms with Crippen molar-refractivity contribution in [2.75, 3.05) is 13.1 Å². The number of rotatable bonds is 11. The van der Waals surface area contributed by atoms with Gasteiger partial charge in [-0.2, -0.15) is 0 Å². The molecule has 194 valence electrons. The summed E-state index contributed by atoms with van der Waals surface area (Å²) in [6, 6.07) is -2.58. The zero-order valence-corrected chi connectivity index (χ0v) is 20.4. The van der Waals surface area contributed by atoms with E-state index in [-0.39, 0.29) is 13.1 Å². The highest BCUT2D eigenvalue weighted by Gasteiger charge is 2.27. The first-order valence-corrected chi connectivity index (χ1v) is 10.5. The Morgan fingerprint density at radius 3 is 1.18 bits per heavy atom. The van der Waals surface area contributed by atoms with E-state index in [1.165, 1.54) is 0 Å². The molecule has 2 atom stereocenters. The molecule has 0 aliphatic carbocycles. The number of alkyl carbamates (subject to hydrolysis) is 2. The van der Waals surface area contributed by atoms with Crippen molar-refractivity contribution in [2.45, 2.75) is 77.7 Å². The van der Waals surface area contributed by atoms with Gasteiger partial charge in [-0.25, -0.2) is 9.59 Å². The van der Waals surface area contributed by atoms with E-state index in [2.05, 4.69) is 21.3 Å². The Morgan fingerprint density at radius 1 is 0.647 bits per heavy atom. The number of primary amides is 2. The summed E-state index contributed by atoms with van der Waals surface area (Å²) in [5.41, 5.74) is 8.61. The van der Waals surface area contributed by atoms with Gasteiger partial charge in [0.2, 0.25) is 23.6 Å². The summed E-state index contributed by atoms with van der Waals surface area (Å²) in [6.45, 7) is 9.55. The maximum absolute atomic E-state index is 12.3. The smallest absolute Gasteiger partial charge is 0.408 e. The van der Waals surface area contributed by atoms with Gasteiger partial charge in [0.25, 0.3) is 0 Å². The molecule has 0 aromatic heterocycles. The third kappa shape index (κ3) is 15.3. The first-order chi connectivity index (χ1) is 15.4. The monoisotopic (exact) mass is 488 g/mol. The Kier molecular flexibility index (Phi) is 11.8. The molecule has 14 nitrogen and oxygen atoms in total. The van der Waals surface area contributed by atoms with Crippen molar-refractivity contribution >= 4 is 35.8 Å². The fourth-order valence-corrected chi connectivity index (χ4v) is 2.34. The molecule has 0 rings (SSSR count). The van der Waals surface area contributed by atoms with E-state index in [1.54, 1.807) is 41.5 Å². The number of nitrogens with two attached hydrogens (primary N) is 2. The minimum absolute atomic E-state index is 0.106. The van der Waals surface area contributed by atoms with Gasteiger partial charge in [-0.15, -0.1) is 0 Å². The zero-order valence-electron chi connectivity index (χ0n) is 20.4.